The standard InChI is InChI=1S/C23H32O7/c24-18(23-29-14-15-7-5-6-9-21(15)30-23)12-11-17-16(19(25)13-20(17)26)8-3-1-2-4-10-22(27)28/h1,3,5-7,9,16-20,23-26H,2,4,8,10-14H2,(H,27,28)/b3-1-/t16-,17-,18-,19+,20-,23?/m1/s1. The van der Waals surface area contributed by atoms with Gasteiger partial charge in [0.15, 0.2) is 0 Å². The number of carboxylic acid groups (broad SMARTS) is 1. The average Bonchev–Trinajstić information content (AvgIpc) is 3.00. The number of rotatable bonds is 10. The zero-order valence-electron chi connectivity index (χ0n) is 17.1. The van der Waals surface area contributed by atoms with E-state index in [9.17, 15) is 20.1 Å². The molecule has 1 unspecified atom stereocenters. The first-order chi connectivity index (χ1) is 14.5. The summed E-state index contributed by atoms with van der Waals surface area (Å²) in [5, 5.41) is 40.0. The van der Waals surface area contributed by atoms with E-state index in [-0.39, 0.29) is 18.3 Å². The number of benzene rings is 1. The van der Waals surface area contributed by atoms with Crippen molar-refractivity contribution in [2.24, 2.45) is 11.8 Å². The van der Waals surface area contributed by atoms with Crippen molar-refractivity contribution in [3.05, 3.63) is 42.0 Å². The summed E-state index contributed by atoms with van der Waals surface area (Å²) in [5.41, 5.74) is 0.950. The second-order valence-corrected chi connectivity index (χ2v) is 8.24. The van der Waals surface area contributed by atoms with E-state index in [2.05, 4.69) is 0 Å². The van der Waals surface area contributed by atoms with Gasteiger partial charge < -0.3 is 29.9 Å². The quantitative estimate of drug-likeness (QED) is 0.340. The molecule has 30 heavy (non-hydrogen) atoms. The molecule has 0 bridgehead atoms. The van der Waals surface area contributed by atoms with Gasteiger partial charge in [0.25, 0.3) is 0 Å². The van der Waals surface area contributed by atoms with Crippen molar-refractivity contribution < 1.29 is 34.7 Å². The zero-order chi connectivity index (χ0) is 21.5. The Morgan fingerprint density at radius 3 is 2.73 bits per heavy atom. The van der Waals surface area contributed by atoms with Gasteiger partial charge in [0.05, 0.1) is 18.8 Å². The minimum absolute atomic E-state index is 0.0863. The average molecular weight is 421 g/mol. The van der Waals surface area contributed by atoms with E-state index in [0.29, 0.717) is 45.1 Å². The second kappa shape index (κ2) is 10.9. The van der Waals surface area contributed by atoms with Crippen molar-refractivity contribution in [3.8, 4) is 5.75 Å². The molecule has 2 aliphatic rings. The Kier molecular flexibility index (Phi) is 8.27. The van der Waals surface area contributed by atoms with Crippen molar-refractivity contribution in [3.63, 3.8) is 0 Å². The van der Waals surface area contributed by atoms with Gasteiger partial charge in [-0.25, -0.2) is 0 Å². The van der Waals surface area contributed by atoms with Crippen molar-refractivity contribution in [1.82, 2.24) is 0 Å². The summed E-state index contributed by atoms with van der Waals surface area (Å²) in [6, 6.07) is 7.57. The molecule has 1 aromatic carbocycles. The third kappa shape index (κ3) is 6.04. The van der Waals surface area contributed by atoms with Crippen LogP contribution in [0.25, 0.3) is 0 Å². The number of aliphatic hydroxyl groups is 3. The number of carboxylic acids is 1. The number of unbranched alkanes of at least 4 members (excludes halogenated alkanes) is 1. The lowest BCUT2D eigenvalue weighted by atomic mass is 9.86. The summed E-state index contributed by atoms with van der Waals surface area (Å²) in [5.74, 6) is -0.285. The van der Waals surface area contributed by atoms with Gasteiger partial charge in [-0.15, -0.1) is 0 Å². The van der Waals surface area contributed by atoms with Gasteiger partial charge in [-0.1, -0.05) is 30.4 Å². The fourth-order valence-corrected chi connectivity index (χ4v) is 4.41. The molecule has 7 nitrogen and oxygen atoms in total. The predicted molar refractivity (Wildman–Crippen MR) is 110 cm³/mol. The topological polar surface area (TPSA) is 116 Å². The van der Waals surface area contributed by atoms with Crippen LogP contribution in [-0.2, 0) is 16.1 Å². The molecule has 1 fully saturated rings. The SMILES string of the molecule is O=C(O)CCC/C=C\C[C@@H]1[C@@H](CC[C@@H](O)C2OCc3ccccc3O2)[C@H](O)C[C@@H]1O. The highest BCUT2D eigenvalue weighted by Crippen LogP contribution is 2.39. The number of hydrogen-bond acceptors (Lipinski definition) is 6. The lowest BCUT2D eigenvalue weighted by molar-refractivity contribution is -0.168. The van der Waals surface area contributed by atoms with Gasteiger partial charge in [-0.2, -0.15) is 0 Å². The van der Waals surface area contributed by atoms with Crippen LogP contribution < -0.4 is 4.74 Å². The molecule has 1 aromatic rings. The maximum absolute atomic E-state index is 10.6. The maximum Gasteiger partial charge on any atom is 0.303 e. The molecule has 7 heteroatoms. The van der Waals surface area contributed by atoms with Gasteiger partial charge in [-0.05, 0) is 56.4 Å². The molecule has 0 amide bonds. The first-order valence-corrected chi connectivity index (χ1v) is 10.7. The normalized spacial score (nSPS) is 29.5. The third-order valence-corrected chi connectivity index (χ3v) is 6.09. The van der Waals surface area contributed by atoms with Crippen LogP contribution >= 0.6 is 0 Å². The molecule has 1 aliphatic heterocycles. The summed E-state index contributed by atoms with van der Waals surface area (Å²) in [4.78, 5) is 10.5. The summed E-state index contributed by atoms with van der Waals surface area (Å²) < 4.78 is 11.4. The summed E-state index contributed by atoms with van der Waals surface area (Å²) >= 11 is 0. The molecule has 1 saturated carbocycles. The van der Waals surface area contributed by atoms with E-state index in [1.54, 1.807) is 0 Å². The van der Waals surface area contributed by atoms with E-state index >= 15 is 0 Å². The number of carbonyl (C=O) groups is 1. The molecule has 0 spiro atoms. The molecule has 0 aromatic heterocycles. The van der Waals surface area contributed by atoms with Crippen molar-refractivity contribution in [2.45, 2.75) is 76.2 Å². The van der Waals surface area contributed by atoms with Crippen LogP contribution in [0.2, 0.25) is 0 Å². The predicted octanol–water partition coefficient (Wildman–Crippen LogP) is 2.62. The number of allylic oxidation sites excluding steroid dienone is 2. The Hall–Kier alpha value is -1.93. The maximum atomic E-state index is 10.6. The van der Waals surface area contributed by atoms with Gasteiger partial charge in [0, 0.05) is 12.0 Å². The Bertz CT molecular complexity index is 719. The molecule has 3 rings (SSSR count). The third-order valence-electron chi connectivity index (χ3n) is 6.09. The summed E-state index contributed by atoms with van der Waals surface area (Å²) in [6.07, 6.45) is 4.47. The van der Waals surface area contributed by atoms with E-state index in [4.69, 9.17) is 14.6 Å². The zero-order valence-corrected chi connectivity index (χ0v) is 17.1. The highest BCUT2D eigenvalue weighted by atomic mass is 16.7. The van der Waals surface area contributed by atoms with Crippen LogP contribution in [-0.4, -0.2) is 51.0 Å². The highest BCUT2D eigenvalue weighted by Gasteiger charge is 2.41. The van der Waals surface area contributed by atoms with Gasteiger partial charge in [0.1, 0.15) is 11.9 Å². The van der Waals surface area contributed by atoms with Crippen LogP contribution in [0.4, 0.5) is 0 Å². The van der Waals surface area contributed by atoms with Crippen LogP contribution in [0.5, 0.6) is 5.75 Å². The summed E-state index contributed by atoms with van der Waals surface area (Å²) in [6.45, 7) is 0.387. The van der Waals surface area contributed by atoms with Crippen molar-refractivity contribution >= 4 is 5.97 Å². The Morgan fingerprint density at radius 1 is 1.17 bits per heavy atom. The van der Waals surface area contributed by atoms with E-state index in [1.165, 1.54) is 0 Å². The van der Waals surface area contributed by atoms with E-state index in [1.807, 2.05) is 36.4 Å². The monoisotopic (exact) mass is 420 g/mol. The molecule has 1 aliphatic carbocycles. The number of aliphatic carboxylic acids is 1. The molecule has 166 valence electrons. The minimum atomic E-state index is -0.824. The van der Waals surface area contributed by atoms with Crippen molar-refractivity contribution in [2.75, 3.05) is 0 Å². The van der Waals surface area contributed by atoms with Crippen molar-refractivity contribution in [1.29, 1.82) is 0 Å². The molecular formula is C23H32O7. The Labute approximate surface area is 176 Å². The smallest absolute Gasteiger partial charge is 0.303 e. The number of hydrogen-bond donors (Lipinski definition) is 4. The fourth-order valence-electron chi connectivity index (χ4n) is 4.41. The molecule has 0 saturated heterocycles. The molecule has 0 radical (unpaired) electrons. The fraction of sp³-hybridized carbons (Fsp3) is 0.609. The largest absolute Gasteiger partial charge is 0.481 e. The first-order valence-electron chi connectivity index (χ1n) is 10.7. The van der Waals surface area contributed by atoms with Crippen LogP contribution in [0.15, 0.2) is 36.4 Å². The van der Waals surface area contributed by atoms with E-state index in [0.717, 1.165) is 11.3 Å². The summed E-state index contributed by atoms with van der Waals surface area (Å²) in [7, 11) is 0. The minimum Gasteiger partial charge on any atom is -0.481 e. The van der Waals surface area contributed by atoms with Gasteiger partial charge in [0.2, 0.25) is 6.29 Å². The van der Waals surface area contributed by atoms with Crippen LogP contribution in [0, 0.1) is 11.8 Å². The first kappa shape index (κ1) is 22.7. The Morgan fingerprint density at radius 2 is 1.93 bits per heavy atom. The highest BCUT2D eigenvalue weighted by molar-refractivity contribution is 5.66. The number of para-hydroxylation sites is 1. The number of ether oxygens (including phenoxy) is 2. The van der Waals surface area contributed by atoms with Crippen LogP contribution in [0.1, 0.15) is 50.5 Å². The Balaban J connectivity index is 1.47. The van der Waals surface area contributed by atoms with Gasteiger partial charge in [-0.3, -0.25) is 4.79 Å². The second-order valence-electron chi connectivity index (χ2n) is 8.24. The number of aliphatic hydroxyl groups excluding tert-OH is 3. The molecule has 1 heterocycles. The number of fused-ring (bicyclic) bond motifs is 1. The molecular weight excluding hydrogens is 388 g/mol. The van der Waals surface area contributed by atoms with Crippen LogP contribution in [0.3, 0.4) is 0 Å². The molecule has 6 atom stereocenters. The van der Waals surface area contributed by atoms with Gasteiger partial charge >= 0.3 is 5.97 Å². The lowest BCUT2D eigenvalue weighted by Gasteiger charge is -2.31. The van der Waals surface area contributed by atoms with E-state index < -0.39 is 30.6 Å². The lowest BCUT2D eigenvalue weighted by Crippen LogP contribution is -2.37. The molecule has 4 N–H and O–H groups in total.